The van der Waals surface area contributed by atoms with E-state index >= 15 is 0 Å². The SMILES string of the molecule is C/C=C/C(=O)NCCc1nc2ccccc2n1CCOc1ccccc1OC. The highest BCUT2D eigenvalue weighted by molar-refractivity contribution is 5.87. The number of nitrogens with one attached hydrogen (secondary N) is 1. The summed E-state index contributed by atoms with van der Waals surface area (Å²) in [5, 5.41) is 2.87. The average Bonchev–Trinajstić information content (AvgIpc) is 3.06. The summed E-state index contributed by atoms with van der Waals surface area (Å²) >= 11 is 0. The first kappa shape index (κ1) is 19.5. The quantitative estimate of drug-likeness (QED) is 0.579. The van der Waals surface area contributed by atoms with Crippen molar-refractivity contribution < 1.29 is 14.3 Å². The zero-order valence-electron chi connectivity index (χ0n) is 16.2. The van der Waals surface area contributed by atoms with Gasteiger partial charge in [-0.1, -0.05) is 30.3 Å². The van der Waals surface area contributed by atoms with Gasteiger partial charge in [-0.15, -0.1) is 0 Å². The van der Waals surface area contributed by atoms with E-state index in [1.807, 2.05) is 55.5 Å². The molecule has 146 valence electrons. The number of ether oxygens (including phenoxy) is 2. The smallest absolute Gasteiger partial charge is 0.243 e. The molecule has 0 aliphatic carbocycles. The Balaban J connectivity index is 1.70. The maximum absolute atomic E-state index is 11.6. The predicted molar refractivity (Wildman–Crippen MR) is 110 cm³/mol. The van der Waals surface area contributed by atoms with Gasteiger partial charge in [0.1, 0.15) is 12.4 Å². The van der Waals surface area contributed by atoms with E-state index in [0.29, 0.717) is 31.9 Å². The Labute approximate surface area is 164 Å². The van der Waals surface area contributed by atoms with Crippen LogP contribution in [0.5, 0.6) is 11.5 Å². The summed E-state index contributed by atoms with van der Waals surface area (Å²) in [6.45, 7) is 3.48. The maximum atomic E-state index is 11.6. The summed E-state index contributed by atoms with van der Waals surface area (Å²) in [6.07, 6.45) is 3.89. The average molecular weight is 379 g/mol. The van der Waals surface area contributed by atoms with Crippen molar-refractivity contribution in [1.29, 1.82) is 0 Å². The topological polar surface area (TPSA) is 65.4 Å². The van der Waals surface area contributed by atoms with Crippen molar-refractivity contribution in [2.45, 2.75) is 19.9 Å². The van der Waals surface area contributed by atoms with Gasteiger partial charge in [0.15, 0.2) is 11.5 Å². The van der Waals surface area contributed by atoms with E-state index in [0.717, 1.165) is 22.6 Å². The number of carbonyl (C=O) groups excluding carboxylic acids is 1. The first-order chi connectivity index (χ1) is 13.7. The van der Waals surface area contributed by atoms with Crippen molar-refractivity contribution in [1.82, 2.24) is 14.9 Å². The van der Waals surface area contributed by atoms with Crippen LogP contribution >= 0.6 is 0 Å². The van der Waals surface area contributed by atoms with Crippen LogP contribution in [0.2, 0.25) is 0 Å². The molecular formula is C22H25N3O3. The molecule has 1 heterocycles. The molecule has 1 N–H and O–H groups in total. The van der Waals surface area contributed by atoms with Gasteiger partial charge in [0, 0.05) is 13.0 Å². The molecule has 0 atom stereocenters. The van der Waals surface area contributed by atoms with Crippen LogP contribution in [0.25, 0.3) is 11.0 Å². The lowest BCUT2D eigenvalue weighted by Gasteiger charge is -2.13. The molecule has 0 saturated carbocycles. The van der Waals surface area contributed by atoms with Crippen molar-refractivity contribution in [3.8, 4) is 11.5 Å². The van der Waals surface area contributed by atoms with Crippen LogP contribution in [0, 0.1) is 0 Å². The number of amides is 1. The molecule has 0 fully saturated rings. The van der Waals surface area contributed by atoms with Crippen molar-refractivity contribution in [3.05, 3.63) is 66.5 Å². The number of carbonyl (C=O) groups is 1. The molecule has 6 nitrogen and oxygen atoms in total. The van der Waals surface area contributed by atoms with Crippen LogP contribution in [0.15, 0.2) is 60.7 Å². The molecule has 0 aliphatic rings. The summed E-state index contributed by atoms with van der Waals surface area (Å²) < 4.78 is 13.4. The highest BCUT2D eigenvalue weighted by Crippen LogP contribution is 2.26. The maximum Gasteiger partial charge on any atom is 0.243 e. The Kier molecular flexibility index (Phi) is 6.68. The van der Waals surface area contributed by atoms with Gasteiger partial charge in [-0.2, -0.15) is 0 Å². The van der Waals surface area contributed by atoms with Crippen LogP contribution in [-0.2, 0) is 17.8 Å². The van der Waals surface area contributed by atoms with Gasteiger partial charge in [-0.05, 0) is 37.3 Å². The van der Waals surface area contributed by atoms with Crippen LogP contribution in [0.1, 0.15) is 12.7 Å². The van der Waals surface area contributed by atoms with Crippen molar-refractivity contribution in [2.24, 2.45) is 0 Å². The third-order valence-corrected chi connectivity index (χ3v) is 4.34. The fraction of sp³-hybridized carbons (Fsp3) is 0.273. The molecule has 0 unspecified atom stereocenters. The van der Waals surface area contributed by atoms with Crippen LogP contribution < -0.4 is 14.8 Å². The highest BCUT2D eigenvalue weighted by atomic mass is 16.5. The van der Waals surface area contributed by atoms with Gasteiger partial charge < -0.3 is 19.4 Å². The minimum Gasteiger partial charge on any atom is -0.493 e. The standard InChI is InChI=1S/C22H25N3O3/c1-3-8-22(26)23-14-13-21-24-17-9-4-5-10-18(17)25(21)15-16-28-20-12-7-6-11-19(20)27-2/h3-12H,13-16H2,1-2H3,(H,23,26)/b8-3+. The number of allylic oxidation sites excluding steroid dienone is 1. The number of fused-ring (bicyclic) bond motifs is 1. The van der Waals surface area contributed by atoms with Gasteiger partial charge >= 0.3 is 0 Å². The number of hydrogen-bond donors (Lipinski definition) is 1. The Bertz CT molecular complexity index is 963. The number of methoxy groups -OCH3 is 1. The molecule has 2 aromatic carbocycles. The third kappa shape index (κ3) is 4.71. The number of para-hydroxylation sites is 4. The zero-order chi connectivity index (χ0) is 19.8. The molecule has 0 aliphatic heterocycles. The van der Waals surface area contributed by atoms with Gasteiger partial charge in [0.25, 0.3) is 0 Å². The number of aromatic nitrogens is 2. The summed E-state index contributed by atoms with van der Waals surface area (Å²) in [5.41, 5.74) is 2.00. The summed E-state index contributed by atoms with van der Waals surface area (Å²) in [6, 6.07) is 15.6. The van der Waals surface area contributed by atoms with Crippen LogP contribution in [-0.4, -0.2) is 35.7 Å². The van der Waals surface area contributed by atoms with Crippen molar-refractivity contribution in [2.75, 3.05) is 20.3 Å². The van der Waals surface area contributed by atoms with E-state index in [4.69, 9.17) is 14.5 Å². The fourth-order valence-electron chi connectivity index (χ4n) is 3.06. The molecule has 6 heteroatoms. The monoisotopic (exact) mass is 379 g/mol. The highest BCUT2D eigenvalue weighted by Gasteiger charge is 2.11. The second-order valence-corrected chi connectivity index (χ2v) is 6.21. The lowest BCUT2D eigenvalue weighted by atomic mass is 10.3. The second kappa shape index (κ2) is 9.60. The Hall–Kier alpha value is -3.28. The third-order valence-electron chi connectivity index (χ3n) is 4.34. The number of rotatable bonds is 9. The molecule has 1 aromatic heterocycles. The number of benzene rings is 2. The summed E-state index contributed by atoms with van der Waals surface area (Å²) in [5.74, 6) is 2.26. The van der Waals surface area contributed by atoms with Crippen LogP contribution in [0.4, 0.5) is 0 Å². The molecular weight excluding hydrogens is 354 g/mol. The van der Waals surface area contributed by atoms with E-state index in [1.165, 1.54) is 6.08 Å². The van der Waals surface area contributed by atoms with E-state index in [2.05, 4.69) is 9.88 Å². The molecule has 0 spiro atoms. The summed E-state index contributed by atoms with van der Waals surface area (Å²) in [7, 11) is 1.63. The number of imidazole rings is 1. The van der Waals surface area contributed by atoms with E-state index in [9.17, 15) is 4.79 Å². The van der Waals surface area contributed by atoms with Gasteiger partial charge in [-0.3, -0.25) is 4.79 Å². The molecule has 3 aromatic rings. The van der Waals surface area contributed by atoms with Crippen molar-refractivity contribution >= 4 is 16.9 Å². The Morgan fingerprint density at radius 2 is 1.89 bits per heavy atom. The molecule has 1 amide bonds. The van der Waals surface area contributed by atoms with E-state index in [-0.39, 0.29) is 5.91 Å². The minimum atomic E-state index is -0.0929. The number of hydrogen-bond acceptors (Lipinski definition) is 4. The minimum absolute atomic E-state index is 0.0929. The molecule has 0 radical (unpaired) electrons. The van der Waals surface area contributed by atoms with E-state index in [1.54, 1.807) is 13.2 Å². The molecule has 3 rings (SSSR count). The lowest BCUT2D eigenvalue weighted by Crippen LogP contribution is -2.24. The van der Waals surface area contributed by atoms with Crippen LogP contribution in [0.3, 0.4) is 0 Å². The molecule has 0 saturated heterocycles. The Morgan fingerprint density at radius 3 is 2.68 bits per heavy atom. The Morgan fingerprint density at radius 1 is 1.14 bits per heavy atom. The molecule has 28 heavy (non-hydrogen) atoms. The second-order valence-electron chi connectivity index (χ2n) is 6.21. The molecule has 0 bridgehead atoms. The lowest BCUT2D eigenvalue weighted by molar-refractivity contribution is -0.116. The van der Waals surface area contributed by atoms with Crippen molar-refractivity contribution in [3.63, 3.8) is 0 Å². The van der Waals surface area contributed by atoms with Gasteiger partial charge in [0.2, 0.25) is 5.91 Å². The first-order valence-corrected chi connectivity index (χ1v) is 9.33. The normalized spacial score (nSPS) is 11.1. The number of nitrogens with zero attached hydrogens (tertiary/aromatic N) is 2. The summed E-state index contributed by atoms with van der Waals surface area (Å²) in [4.78, 5) is 16.4. The largest absolute Gasteiger partial charge is 0.493 e. The van der Waals surface area contributed by atoms with Gasteiger partial charge in [-0.25, -0.2) is 4.98 Å². The predicted octanol–water partition coefficient (Wildman–Crippen LogP) is 3.36. The van der Waals surface area contributed by atoms with E-state index < -0.39 is 0 Å². The first-order valence-electron chi connectivity index (χ1n) is 9.33. The fourth-order valence-corrected chi connectivity index (χ4v) is 3.06. The van der Waals surface area contributed by atoms with Gasteiger partial charge in [0.05, 0.1) is 24.7 Å². The zero-order valence-corrected chi connectivity index (χ0v) is 16.2.